The molecule has 0 aliphatic rings. The molecule has 0 fully saturated rings. The van der Waals surface area contributed by atoms with Crippen LogP contribution in [-0.2, 0) is 6.42 Å². The summed E-state index contributed by atoms with van der Waals surface area (Å²) < 4.78 is 0. The van der Waals surface area contributed by atoms with E-state index < -0.39 is 0 Å². The normalized spacial score (nSPS) is 12.2. The second kappa shape index (κ2) is 3.61. The van der Waals surface area contributed by atoms with Gasteiger partial charge in [-0.3, -0.25) is 0 Å². The summed E-state index contributed by atoms with van der Waals surface area (Å²) in [5.74, 6) is 1.03. The number of nitrogens with two attached hydrogens (primary N) is 1. The molecule has 1 aromatic carbocycles. The molecule has 0 spiro atoms. The van der Waals surface area contributed by atoms with E-state index in [4.69, 9.17) is 10.9 Å². The van der Waals surface area contributed by atoms with Gasteiger partial charge in [0.15, 0.2) is 5.84 Å². The van der Waals surface area contributed by atoms with Crippen molar-refractivity contribution in [3.63, 3.8) is 0 Å². The van der Waals surface area contributed by atoms with Crippen molar-refractivity contribution in [3.8, 4) is 0 Å². The van der Waals surface area contributed by atoms with Gasteiger partial charge < -0.3 is 15.9 Å². The van der Waals surface area contributed by atoms with Crippen molar-refractivity contribution < 1.29 is 5.21 Å². The number of amidine groups is 1. The first kappa shape index (κ1) is 9.51. The number of nitrogens with one attached hydrogen (secondary N) is 1. The van der Waals surface area contributed by atoms with Gasteiger partial charge in [-0.25, -0.2) is 4.98 Å². The smallest absolute Gasteiger partial charge is 0.170 e. The van der Waals surface area contributed by atoms with E-state index in [0.717, 1.165) is 23.3 Å². The number of oxime groups is 1. The molecule has 0 saturated carbocycles. The Labute approximate surface area is 86.6 Å². The van der Waals surface area contributed by atoms with E-state index in [1.807, 2.05) is 19.1 Å². The Bertz CT molecular complexity index is 515. The van der Waals surface area contributed by atoms with Gasteiger partial charge in [-0.15, -0.1) is 0 Å². The van der Waals surface area contributed by atoms with Crippen LogP contribution >= 0.6 is 0 Å². The maximum absolute atomic E-state index is 8.55. The Balaban J connectivity index is 2.55. The summed E-state index contributed by atoms with van der Waals surface area (Å²) in [4.78, 5) is 7.52. The summed E-state index contributed by atoms with van der Waals surface area (Å²) in [6.45, 7) is 2.03. The van der Waals surface area contributed by atoms with Crippen LogP contribution in [0.3, 0.4) is 0 Å². The van der Waals surface area contributed by atoms with Gasteiger partial charge in [0.1, 0.15) is 5.82 Å². The Hall–Kier alpha value is -2.04. The van der Waals surface area contributed by atoms with E-state index in [-0.39, 0.29) is 5.84 Å². The van der Waals surface area contributed by atoms with Crippen molar-refractivity contribution in [2.75, 3.05) is 0 Å². The molecule has 0 aliphatic carbocycles. The number of rotatable bonds is 2. The first-order valence-electron chi connectivity index (χ1n) is 4.71. The average molecular weight is 204 g/mol. The topological polar surface area (TPSA) is 87.3 Å². The first-order valence-corrected chi connectivity index (χ1v) is 4.71. The second-order valence-corrected chi connectivity index (χ2v) is 3.25. The van der Waals surface area contributed by atoms with Crippen molar-refractivity contribution in [2.45, 2.75) is 13.3 Å². The van der Waals surface area contributed by atoms with Crippen LogP contribution in [-0.4, -0.2) is 21.0 Å². The van der Waals surface area contributed by atoms with Crippen LogP contribution in [0.15, 0.2) is 23.4 Å². The summed E-state index contributed by atoms with van der Waals surface area (Å²) in [5, 5.41) is 11.5. The molecular formula is C10H12N4O. The summed E-state index contributed by atoms with van der Waals surface area (Å²) in [6.07, 6.45) is 0.855. The van der Waals surface area contributed by atoms with E-state index in [1.54, 1.807) is 6.07 Å². The fourth-order valence-electron chi connectivity index (χ4n) is 1.45. The molecule has 1 aromatic heterocycles. The highest BCUT2D eigenvalue weighted by molar-refractivity contribution is 5.99. The molecule has 5 heteroatoms. The van der Waals surface area contributed by atoms with Crippen molar-refractivity contribution >= 4 is 16.9 Å². The molecule has 15 heavy (non-hydrogen) atoms. The number of aromatic amines is 1. The number of hydrogen-bond donors (Lipinski definition) is 3. The van der Waals surface area contributed by atoms with Crippen molar-refractivity contribution in [2.24, 2.45) is 10.9 Å². The van der Waals surface area contributed by atoms with Crippen molar-refractivity contribution in [1.82, 2.24) is 9.97 Å². The highest BCUT2D eigenvalue weighted by Crippen LogP contribution is 2.13. The molecule has 0 radical (unpaired) electrons. The number of aromatic nitrogens is 2. The number of imidazole rings is 1. The molecule has 0 amide bonds. The van der Waals surface area contributed by atoms with Crippen LogP contribution in [0.25, 0.3) is 11.0 Å². The van der Waals surface area contributed by atoms with Gasteiger partial charge >= 0.3 is 0 Å². The second-order valence-electron chi connectivity index (χ2n) is 3.25. The van der Waals surface area contributed by atoms with Crippen LogP contribution in [0.5, 0.6) is 0 Å². The van der Waals surface area contributed by atoms with Gasteiger partial charge in [-0.1, -0.05) is 12.1 Å². The summed E-state index contributed by atoms with van der Waals surface area (Å²) in [5.41, 5.74) is 7.96. The van der Waals surface area contributed by atoms with E-state index in [9.17, 15) is 0 Å². The van der Waals surface area contributed by atoms with Crippen molar-refractivity contribution in [1.29, 1.82) is 0 Å². The summed E-state index contributed by atoms with van der Waals surface area (Å²) >= 11 is 0. The summed E-state index contributed by atoms with van der Waals surface area (Å²) in [6, 6.07) is 5.44. The molecule has 2 aromatic rings. The lowest BCUT2D eigenvalue weighted by atomic mass is 10.2. The predicted molar refractivity (Wildman–Crippen MR) is 58.0 cm³/mol. The third-order valence-corrected chi connectivity index (χ3v) is 2.27. The highest BCUT2D eigenvalue weighted by Gasteiger charge is 2.04. The number of aryl methyl sites for hydroxylation is 1. The number of H-pyrrole nitrogens is 1. The minimum atomic E-state index is 0.101. The third kappa shape index (κ3) is 1.63. The number of fused-ring (bicyclic) bond motifs is 1. The number of nitrogens with zero attached hydrogens (tertiary/aromatic N) is 2. The van der Waals surface area contributed by atoms with Crippen LogP contribution in [0, 0.1) is 0 Å². The molecule has 0 unspecified atom stereocenters. The Morgan fingerprint density at radius 3 is 3.07 bits per heavy atom. The maximum Gasteiger partial charge on any atom is 0.170 e. The van der Waals surface area contributed by atoms with Crippen LogP contribution in [0.2, 0.25) is 0 Å². The van der Waals surface area contributed by atoms with E-state index in [1.165, 1.54) is 0 Å². The largest absolute Gasteiger partial charge is 0.409 e. The van der Waals surface area contributed by atoms with Gasteiger partial charge in [0.25, 0.3) is 0 Å². The van der Waals surface area contributed by atoms with E-state index in [0.29, 0.717) is 5.56 Å². The standard InChI is InChI=1S/C10H12N4O/c1-2-9-12-7-4-3-6(10(11)14-15)5-8(7)13-9/h3-5,15H,2H2,1H3,(H2,11,14)(H,12,13). The zero-order chi connectivity index (χ0) is 10.8. The quantitative estimate of drug-likeness (QED) is 0.297. The molecule has 0 bridgehead atoms. The Kier molecular flexibility index (Phi) is 2.29. The Morgan fingerprint density at radius 2 is 2.40 bits per heavy atom. The lowest BCUT2D eigenvalue weighted by Crippen LogP contribution is -2.12. The van der Waals surface area contributed by atoms with Crippen LogP contribution in [0.4, 0.5) is 0 Å². The van der Waals surface area contributed by atoms with Crippen LogP contribution < -0.4 is 5.73 Å². The number of hydrogen-bond acceptors (Lipinski definition) is 3. The fourth-order valence-corrected chi connectivity index (χ4v) is 1.45. The van der Waals surface area contributed by atoms with Gasteiger partial charge in [-0.05, 0) is 18.2 Å². The fraction of sp³-hybridized carbons (Fsp3) is 0.200. The lowest BCUT2D eigenvalue weighted by molar-refractivity contribution is 0.318. The molecular weight excluding hydrogens is 192 g/mol. The first-order chi connectivity index (χ1) is 7.24. The summed E-state index contributed by atoms with van der Waals surface area (Å²) in [7, 11) is 0. The number of benzene rings is 1. The minimum absolute atomic E-state index is 0.101. The highest BCUT2D eigenvalue weighted by atomic mass is 16.4. The van der Waals surface area contributed by atoms with E-state index >= 15 is 0 Å². The molecule has 78 valence electrons. The van der Waals surface area contributed by atoms with Crippen LogP contribution in [0.1, 0.15) is 18.3 Å². The SMILES string of the molecule is CCc1nc2ccc(/C(N)=N/O)cc2[nH]1. The van der Waals surface area contributed by atoms with Gasteiger partial charge in [0, 0.05) is 12.0 Å². The third-order valence-electron chi connectivity index (χ3n) is 2.27. The molecule has 1 heterocycles. The lowest BCUT2D eigenvalue weighted by Gasteiger charge is -1.96. The molecule has 0 saturated heterocycles. The molecule has 2 rings (SSSR count). The zero-order valence-corrected chi connectivity index (χ0v) is 8.36. The Morgan fingerprint density at radius 1 is 1.60 bits per heavy atom. The van der Waals surface area contributed by atoms with Gasteiger partial charge in [-0.2, -0.15) is 0 Å². The van der Waals surface area contributed by atoms with E-state index in [2.05, 4.69) is 15.1 Å². The van der Waals surface area contributed by atoms with Gasteiger partial charge in [0.05, 0.1) is 11.0 Å². The van der Waals surface area contributed by atoms with Crippen molar-refractivity contribution in [3.05, 3.63) is 29.6 Å². The molecule has 0 aliphatic heterocycles. The molecule has 5 nitrogen and oxygen atoms in total. The zero-order valence-electron chi connectivity index (χ0n) is 8.36. The predicted octanol–water partition coefficient (Wildman–Crippen LogP) is 1.22. The average Bonchev–Trinajstić information content (AvgIpc) is 2.69. The maximum atomic E-state index is 8.55. The molecule has 4 N–H and O–H groups in total. The minimum Gasteiger partial charge on any atom is -0.409 e. The van der Waals surface area contributed by atoms with Gasteiger partial charge in [0.2, 0.25) is 0 Å². The monoisotopic (exact) mass is 204 g/mol. The molecule has 0 atom stereocenters.